The number of pyridine rings is 1. The molecule has 0 aliphatic rings. The summed E-state index contributed by atoms with van der Waals surface area (Å²) in [7, 11) is 0. The van der Waals surface area contributed by atoms with Crippen molar-refractivity contribution in [2.75, 3.05) is 0 Å². The normalized spacial score (nSPS) is 10.1. The number of nitrogens with zero attached hydrogens (tertiary/aromatic N) is 1. The van der Waals surface area contributed by atoms with Crippen molar-refractivity contribution in [2.45, 2.75) is 13.5 Å². The Morgan fingerprint density at radius 2 is 1.85 bits per heavy atom. The molecule has 0 unspecified atom stereocenters. The lowest BCUT2D eigenvalue weighted by molar-refractivity contribution is 0.0690. The summed E-state index contributed by atoms with van der Waals surface area (Å²) in [5.41, 5.74) is 2.41. The second kappa shape index (κ2) is 5.97. The first-order valence-corrected chi connectivity index (χ1v) is 6.09. The highest BCUT2D eigenvalue weighted by atomic mass is 16.4. The molecule has 0 aliphatic carbocycles. The van der Waals surface area contributed by atoms with Crippen LogP contribution in [0.2, 0.25) is 0 Å². The number of nitrogens with one attached hydrogen (secondary N) is 1. The van der Waals surface area contributed by atoms with Crippen molar-refractivity contribution >= 4 is 11.9 Å². The van der Waals surface area contributed by atoms with E-state index in [1.165, 1.54) is 12.3 Å². The number of hydrogen-bond acceptors (Lipinski definition) is 3. The number of carbonyl (C=O) groups excluding carboxylic acids is 1. The minimum absolute atomic E-state index is 0.0152. The van der Waals surface area contributed by atoms with Crippen molar-refractivity contribution in [1.29, 1.82) is 0 Å². The number of benzene rings is 1. The quantitative estimate of drug-likeness (QED) is 0.890. The zero-order valence-electron chi connectivity index (χ0n) is 11.0. The van der Waals surface area contributed by atoms with Crippen LogP contribution in [0, 0.1) is 6.92 Å². The molecule has 0 saturated carbocycles. The summed E-state index contributed by atoms with van der Waals surface area (Å²) in [6.07, 6.45) is 1.44. The molecule has 5 heteroatoms. The average Bonchev–Trinajstić information content (AvgIpc) is 2.46. The molecule has 0 spiro atoms. The molecule has 1 aromatic carbocycles. The van der Waals surface area contributed by atoms with E-state index < -0.39 is 5.97 Å². The van der Waals surface area contributed by atoms with Gasteiger partial charge in [0.1, 0.15) is 5.69 Å². The summed E-state index contributed by atoms with van der Waals surface area (Å²) >= 11 is 0. The molecule has 5 nitrogen and oxygen atoms in total. The molecule has 102 valence electrons. The van der Waals surface area contributed by atoms with E-state index in [1.807, 2.05) is 19.1 Å². The summed E-state index contributed by atoms with van der Waals surface area (Å²) in [5.74, 6) is -1.24. The number of aromatic carboxylic acids is 1. The van der Waals surface area contributed by atoms with Crippen molar-refractivity contribution < 1.29 is 14.7 Å². The zero-order chi connectivity index (χ0) is 14.5. The van der Waals surface area contributed by atoms with Crippen molar-refractivity contribution in [3.8, 4) is 0 Å². The first-order valence-electron chi connectivity index (χ1n) is 6.09. The maximum absolute atomic E-state index is 11.9. The Kier molecular flexibility index (Phi) is 4.10. The highest BCUT2D eigenvalue weighted by Crippen LogP contribution is 2.04. The number of carboxylic acid groups (broad SMARTS) is 1. The van der Waals surface area contributed by atoms with Crippen molar-refractivity contribution in [3.05, 3.63) is 65.0 Å². The van der Waals surface area contributed by atoms with E-state index in [2.05, 4.69) is 10.3 Å². The van der Waals surface area contributed by atoms with Gasteiger partial charge in [-0.05, 0) is 30.7 Å². The fourth-order valence-electron chi connectivity index (χ4n) is 1.64. The fraction of sp³-hybridized carbons (Fsp3) is 0.133. The molecular formula is C15H14N2O3. The van der Waals surface area contributed by atoms with E-state index in [1.54, 1.807) is 18.2 Å². The predicted molar refractivity (Wildman–Crippen MR) is 73.5 cm³/mol. The topological polar surface area (TPSA) is 79.3 Å². The van der Waals surface area contributed by atoms with Gasteiger partial charge in [-0.15, -0.1) is 0 Å². The highest BCUT2D eigenvalue weighted by Gasteiger charge is 2.06. The molecule has 1 aromatic heterocycles. The maximum atomic E-state index is 11.9. The standard InChI is InChI=1S/C15H14N2O3/c1-10-2-5-12(6-3-10)14(18)17-9-11-4-7-13(15(19)20)16-8-11/h2-8H,9H2,1H3,(H,17,18)(H,19,20). The Bertz CT molecular complexity index is 619. The third kappa shape index (κ3) is 3.41. The van der Waals surface area contributed by atoms with Crippen molar-refractivity contribution in [1.82, 2.24) is 10.3 Å². The second-order valence-corrected chi connectivity index (χ2v) is 4.41. The van der Waals surface area contributed by atoms with Gasteiger partial charge in [0.25, 0.3) is 5.91 Å². The van der Waals surface area contributed by atoms with Gasteiger partial charge in [-0.2, -0.15) is 0 Å². The lowest BCUT2D eigenvalue weighted by Crippen LogP contribution is -2.22. The molecule has 2 rings (SSSR count). The van der Waals surface area contributed by atoms with Crippen LogP contribution in [0.4, 0.5) is 0 Å². The van der Waals surface area contributed by atoms with Gasteiger partial charge in [0, 0.05) is 18.3 Å². The van der Waals surface area contributed by atoms with Gasteiger partial charge in [-0.1, -0.05) is 23.8 Å². The van der Waals surface area contributed by atoms with E-state index in [0.717, 1.165) is 11.1 Å². The number of hydrogen-bond donors (Lipinski definition) is 2. The van der Waals surface area contributed by atoms with Crippen LogP contribution in [0.15, 0.2) is 42.6 Å². The van der Waals surface area contributed by atoms with Crippen molar-refractivity contribution in [2.24, 2.45) is 0 Å². The monoisotopic (exact) mass is 270 g/mol. The first-order chi connectivity index (χ1) is 9.56. The van der Waals surface area contributed by atoms with E-state index in [9.17, 15) is 9.59 Å². The van der Waals surface area contributed by atoms with Crippen molar-refractivity contribution in [3.63, 3.8) is 0 Å². The molecule has 0 aliphatic heterocycles. The number of amides is 1. The van der Waals surface area contributed by atoms with Crippen LogP contribution in [0.5, 0.6) is 0 Å². The Morgan fingerprint density at radius 1 is 1.15 bits per heavy atom. The summed E-state index contributed by atoms with van der Waals surface area (Å²) in [4.78, 5) is 26.3. The lowest BCUT2D eigenvalue weighted by atomic mass is 10.1. The minimum atomic E-state index is -1.07. The molecule has 0 fully saturated rings. The SMILES string of the molecule is Cc1ccc(C(=O)NCc2ccc(C(=O)O)nc2)cc1. The Balaban J connectivity index is 1.96. The summed E-state index contributed by atoms with van der Waals surface area (Å²) in [6, 6.07) is 10.3. The molecule has 1 heterocycles. The van der Waals surface area contributed by atoms with Crippen LogP contribution in [0.3, 0.4) is 0 Å². The maximum Gasteiger partial charge on any atom is 0.354 e. The average molecular weight is 270 g/mol. The molecular weight excluding hydrogens is 256 g/mol. The second-order valence-electron chi connectivity index (χ2n) is 4.41. The smallest absolute Gasteiger partial charge is 0.354 e. The van der Waals surface area contributed by atoms with Gasteiger partial charge < -0.3 is 10.4 Å². The minimum Gasteiger partial charge on any atom is -0.477 e. The van der Waals surface area contributed by atoms with Gasteiger partial charge in [0.15, 0.2) is 0 Å². The molecule has 20 heavy (non-hydrogen) atoms. The number of rotatable bonds is 4. The molecule has 0 atom stereocenters. The Morgan fingerprint density at radius 3 is 2.40 bits per heavy atom. The largest absolute Gasteiger partial charge is 0.477 e. The summed E-state index contributed by atoms with van der Waals surface area (Å²) < 4.78 is 0. The number of carbonyl (C=O) groups is 2. The van der Waals surface area contributed by atoms with Crippen LogP contribution in [-0.4, -0.2) is 22.0 Å². The lowest BCUT2D eigenvalue weighted by Gasteiger charge is -2.05. The number of aryl methyl sites for hydroxylation is 1. The van der Waals surface area contributed by atoms with Crippen LogP contribution < -0.4 is 5.32 Å². The van der Waals surface area contributed by atoms with Crippen LogP contribution >= 0.6 is 0 Å². The van der Waals surface area contributed by atoms with Gasteiger partial charge in [0.05, 0.1) is 0 Å². The first kappa shape index (κ1) is 13.7. The Labute approximate surface area is 116 Å². The third-order valence-electron chi connectivity index (χ3n) is 2.81. The van der Waals surface area contributed by atoms with E-state index >= 15 is 0 Å². The van der Waals surface area contributed by atoms with Crippen LogP contribution in [-0.2, 0) is 6.54 Å². The van der Waals surface area contributed by atoms with Gasteiger partial charge in [0.2, 0.25) is 0 Å². The van der Waals surface area contributed by atoms with Crippen LogP contribution in [0.25, 0.3) is 0 Å². The molecule has 1 amide bonds. The molecule has 0 saturated heterocycles. The van der Waals surface area contributed by atoms with Gasteiger partial charge in [-0.25, -0.2) is 9.78 Å². The summed E-state index contributed by atoms with van der Waals surface area (Å²) in [6.45, 7) is 2.26. The zero-order valence-corrected chi connectivity index (χ0v) is 11.0. The number of aromatic nitrogens is 1. The van der Waals surface area contributed by atoms with E-state index in [4.69, 9.17) is 5.11 Å². The van der Waals surface area contributed by atoms with Gasteiger partial charge in [-0.3, -0.25) is 4.79 Å². The van der Waals surface area contributed by atoms with E-state index in [-0.39, 0.29) is 11.6 Å². The highest BCUT2D eigenvalue weighted by molar-refractivity contribution is 5.94. The molecule has 0 bridgehead atoms. The van der Waals surface area contributed by atoms with Crippen LogP contribution in [0.1, 0.15) is 32.0 Å². The molecule has 2 aromatic rings. The van der Waals surface area contributed by atoms with Gasteiger partial charge >= 0.3 is 5.97 Å². The number of carboxylic acids is 1. The summed E-state index contributed by atoms with van der Waals surface area (Å²) in [5, 5.41) is 11.5. The Hall–Kier alpha value is -2.69. The predicted octanol–water partition coefficient (Wildman–Crippen LogP) is 2.02. The molecule has 0 radical (unpaired) electrons. The molecule has 2 N–H and O–H groups in total. The fourth-order valence-corrected chi connectivity index (χ4v) is 1.64. The van der Waals surface area contributed by atoms with E-state index in [0.29, 0.717) is 12.1 Å². The third-order valence-corrected chi connectivity index (χ3v) is 2.81.